The molecule has 1 aromatic heterocycles. The number of imidazole rings is 1. The van der Waals surface area contributed by atoms with Crippen LogP contribution in [0.5, 0.6) is 0 Å². The predicted octanol–water partition coefficient (Wildman–Crippen LogP) is 3.97. The molecule has 1 saturated carbocycles. The number of nitrogens with one attached hydrogen (secondary N) is 3. The van der Waals surface area contributed by atoms with E-state index in [1.54, 1.807) is 21.4 Å². The highest BCUT2D eigenvalue weighted by Crippen LogP contribution is 2.39. The minimum Gasteiger partial charge on any atom is -0.475 e. The number of carbonyl (C=O) groups excluding carboxylic acids is 7. The van der Waals surface area contributed by atoms with Crippen LogP contribution in [0.25, 0.3) is 11.0 Å². The van der Waals surface area contributed by atoms with E-state index in [2.05, 4.69) is 22.0 Å². The fourth-order valence-corrected chi connectivity index (χ4v) is 11.0. The van der Waals surface area contributed by atoms with Crippen molar-refractivity contribution in [3.05, 3.63) is 106 Å². The summed E-state index contributed by atoms with van der Waals surface area (Å²) in [5.41, 5.74) is 16.0. The summed E-state index contributed by atoms with van der Waals surface area (Å²) in [5, 5.41) is 15.4. The summed E-state index contributed by atoms with van der Waals surface area (Å²) in [5.74, 6) is -4.80. The van der Waals surface area contributed by atoms with E-state index in [-0.39, 0.29) is 55.8 Å². The van der Waals surface area contributed by atoms with Crippen LogP contribution in [0, 0.1) is 5.92 Å². The number of imide groups is 1. The van der Waals surface area contributed by atoms with E-state index in [4.69, 9.17) is 21.4 Å². The van der Waals surface area contributed by atoms with Gasteiger partial charge < -0.3 is 37.0 Å². The van der Waals surface area contributed by atoms with Gasteiger partial charge in [0.15, 0.2) is 0 Å². The first-order chi connectivity index (χ1) is 35.7. The average Bonchev–Trinajstić information content (AvgIpc) is 3.92. The standard InChI is InChI=1S/C51H63N9O8.C2HF3O2/c1-57-42-29-35(19-22-39(42)60(51(57)68)41-24-26-44(62)55-49(41)66)32-17-15-31(16-18-32)9-8-14-45(63)58-28-27-36-20-23-40(59(36)50(67)37(52)30-58)48(65)54-38(21-25-43(53)61)47(64)56-46(33-10-4-2-5-11-33)34-12-6-3-7-13-34;3-2(4,5)1(6)7/h2-7,10-13,19,22,29,31-32,36-38,40-41,46H,8-9,14-18,20-21,23-28,30,52H2,1H3,(H2,53,61)(H,54,65)(H,56,64)(H,55,62,66);(H,6,7)/t31?,32?,36-,37+,38+,40+,41?;/m1./s1. The zero-order valence-electron chi connectivity index (χ0n) is 41.6. The molecule has 0 radical (unpaired) electrons. The van der Waals surface area contributed by atoms with Crippen LogP contribution in [0.2, 0.25) is 0 Å². The number of halogens is 3. The lowest BCUT2D eigenvalue weighted by molar-refractivity contribution is -0.192. The van der Waals surface area contributed by atoms with Gasteiger partial charge in [0, 0.05) is 45.4 Å². The fraction of sp³-hybridized carbons (Fsp3) is 0.491. The SMILES string of the molecule is Cn1c(=O)n(C2CCC(=O)NC2=O)c2ccc(C3CCC(CCCC(=O)N4CC[C@H]5CC[C@@H](C(=O)N[C@@H](CCC(N)=O)C(=O)NC(c6ccccc6)c6ccccc6)N5C(=O)[C@@H](N)C4)CC3)cc21.O=C(O)C(F)(F)F. The predicted molar refractivity (Wildman–Crippen MR) is 267 cm³/mol. The first-order valence-electron chi connectivity index (χ1n) is 25.4. The van der Waals surface area contributed by atoms with Crippen LogP contribution < -0.4 is 33.1 Å². The number of carbonyl (C=O) groups is 8. The normalized spacial score (nSPS) is 22.5. The van der Waals surface area contributed by atoms with Crippen molar-refractivity contribution in [1.82, 2.24) is 34.9 Å². The molecule has 3 saturated heterocycles. The van der Waals surface area contributed by atoms with Crippen LogP contribution in [-0.4, -0.2) is 115 Å². The van der Waals surface area contributed by atoms with E-state index < -0.39 is 71.9 Å². The highest BCUT2D eigenvalue weighted by molar-refractivity contribution is 6.00. The van der Waals surface area contributed by atoms with Gasteiger partial charge in [0.2, 0.25) is 41.4 Å². The average molecular weight is 1040 g/mol. The second-order valence-electron chi connectivity index (χ2n) is 19.9. The summed E-state index contributed by atoms with van der Waals surface area (Å²) < 4.78 is 34.8. The van der Waals surface area contributed by atoms with Crippen LogP contribution in [0.1, 0.15) is 125 Å². The Balaban J connectivity index is 0.00000109. The Kier molecular flexibility index (Phi) is 18.0. The van der Waals surface area contributed by atoms with Gasteiger partial charge in [-0.1, -0.05) is 66.7 Å². The number of fused-ring (bicyclic) bond motifs is 2. The molecule has 75 heavy (non-hydrogen) atoms. The van der Waals surface area contributed by atoms with Crippen molar-refractivity contribution in [1.29, 1.82) is 0 Å². The number of nitrogens with two attached hydrogens (primary N) is 2. The Labute approximate surface area is 430 Å². The van der Waals surface area contributed by atoms with Crippen molar-refractivity contribution in [2.75, 3.05) is 13.1 Å². The van der Waals surface area contributed by atoms with Gasteiger partial charge in [-0.15, -0.1) is 0 Å². The van der Waals surface area contributed by atoms with Crippen molar-refractivity contribution < 1.29 is 56.6 Å². The van der Waals surface area contributed by atoms with Gasteiger partial charge in [-0.2, -0.15) is 13.2 Å². The molecule has 4 aliphatic rings. The molecule has 0 bridgehead atoms. The maximum absolute atomic E-state index is 14.0. The number of carboxylic acids is 1. The van der Waals surface area contributed by atoms with E-state index in [1.807, 2.05) is 72.8 Å². The van der Waals surface area contributed by atoms with Crippen LogP contribution in [0.4, 0.5) is 13.2 Å². The lowest BCUT2D eigenvalue weighted by Gasteiger charge is -2.38. The quantitative estimate of drug-likeness (QED) is 0.0927. The summed E-state index contributed by atoms with van der Waals surface area (Å²) >= 11 is 0. The Morgan fingerprint density at radius 2 is 1.45 bits per heavy atom. The number of hydrogen-bond acceptors (Lipinski definition) is 10. The molecular formula is C53H64F3N9O10. The number of carboxylic acid groups (broad SMARTS) is 1. The molecule has 8 rings (SSSR count). The second kappa shape index (κ2) is 24.3. The molecule has 1 unspecified atom stereocenters. The molecule has 4 fully saturated rings. The summed E-state index contributed by atoms with van der Waals surface area (Å²) in [4.78, 5) is 117. The van der Waals surface area contributed by atoms with Crippen molar-refractivity contribution in [3.8, 4) is 0 Å². The number of aryl methyl sites for hydroxylation is 1. The number of aromatic nitrogens is 2. The molecule has 19 nitrogen and oxygen atoms in total. The number of hydrogen-bond donors (Lipinski definition) is 6. The highest BCUT2D eigenvalue weighted by Gasteiger charge is 2.45. The van der Waals surface area contributed by atoms with Gasteiger partial charge in [0.05, 0.1) is 17.1 Å². The lowest BCUT2D eigenvalue weighted by Crippen LogP contribution is -2.60. The van der Waals surface area contributed by atoms with Crippen LogP contribution >= 0.6 is 0 Å². The summed E-state index contributed by atoms with van der Waals surface area (Å²) in [6, 6.07) is 20.3. The summed E-state index contributed by atoms with van der Waals surface area (Å²) in [6.07, 6.45) is 2.57. The Morgan fingerprint density at radius 1 is 0.813 bits per heavy atom. The number of primary amides is 1. The van der Waals surface area contributed by atoms with Gasteiger partial charge in [0.25, 0.3) is 0 Å². The first kappa shape index (κ1) is 55.4. The fourth-order valence-electron chi connectivity index (χ4n) is 11.0. The van der Waals surface area contributed by atoms with Crippen LogP contribution in [0.15, 0.2) is 83.7 Å². The number of benzene rings is 3. The molecule has 1 aliphatic carbocycles. The number of amides is 7. The van der Waals surface area contributed by atoms with E-state index in [0.29, 0.717) is 49.6 Å². The third kappa shape index (κ3) is 13.5. The molecule has 22 heteroatoms. The van der Waals surface area contributed by atoms with Crippen molar-refractivity contribution in [2.45, 2.75) is 138 Å². The largest absolute Gasteiger partial charge is 0.490 e. The number of rotatable bonds is 15. The smallest absolute Gasteiger partial charge is 0.475 e. The molecule has 4 heterocycles. The minimum atomic E-state index is -5.08. The molecular weight excluding hydrogens is 980 g/mol. The maximum Gasteiger partial charge on any atom is 0.490 e. The number of alkyl halides is 3. The molecule has 402 valence electrons. The zero-order valence-corrected chi connectivity index (χ0v) is 41.6. The van der Waals surface area contributed by atoms with E-state index in [1.165, 1.54) is 4.57 Å². The Hall–Kier alpha value is -7.36. The molecule has 3 aromatic carbocycles. The van der Waals surface area contributed by atoms with E-state index >= 15 is 0 Å². The number of nitrogens with zero attached hydrogens (tertiary/aromatic N) is 4. The maximum atomic E-state index is 14.0. The third-order valence-corrected chi connectivity index (χ3v) is 14.9. The Bertz CT molecular complexity index is 2770. The number of aliphatic carboxylic acids is 1. The lowest BCUT2D eigenvalue weighted by atomic mass is 9.77. The van der Waals surface area contributed by atoms with Crippen molar-refractivity contribution in [3.63, 3.8) is 0 Å². The van der Waals surface area contributed by atoms with Gasteiger partial charge in [-0.3, -0.25) is 48.0 Å². The van der Waals surface area contributed by atoms with Gasteiger partial charge in [-0.25, -0.2) is 9.59 Å². The third-order valence-electron chi connectivity index (χ3n) is 14.9. The first-order valence-corrected chi connectivity index (χ1v) is 25.4. The topological polar surface area (TPSA) is 278 Å². The van der Waals surface area contributed by atoms with Gasteiger partial charge >= 0.3 is 17.8 Å². The monoisotopic (exact) mass is 1040 g/mol. The zero-order chi connectivity index (χ0) is 54.1. The van der Waals surface area contributed by atoms with Crippen LogP contribution in [0.3, 0.4) is 0 Å². The molecule has 0 spiro atoms. The highest BCUT2D eigenvalue weighted by atomic mass is 19.4. The van der Waals surface area contributed by atoms with Crippen molar-refractivity contribution in [2.24, 2.45) is 24.4 Å². The van der Waals surface area contributed by atoms with Gasteiger partial charge in [-0.05, 0) is 111 Å². The van der Waals surface area contributed by atoms with E-state index in [9.17, 15) is 51.5 Å². The number of piperidine rings is 1. The van der Waals surface area contributed by atoms with Crippen LogP contribution in [-0.2, 0) is 45.4 Å². The second-order valence-corrected chi connectivity index (χ2v) is 19.9. The minimum absolute atomic E-state index is 0.0293. The molecule has 8 N–H and O–H groups in total. The molecule has 7 amide bonds. The Morgan fingerprint density at radius 3 is 2.05 bits per heavy atom. The van der Waals surface area contributed by atoms with Gasteiger partial charge in [0.1, 0.15) is 24.2 Å². The van der Waals surface area contributed by atoms with E-state index in [0.717, 1.165) is 60.7 Å². The molecule has 4 aromatic rings. The van der Waals surface area contributed by atoms with Crippen molar-refractivity contribution >= 4 is 58.4 Å². The molecule has 5 atom stereocenters. The summed E-state index contributed by atoms with van der Waals surface area (Å²) in [6.45, 7) is 0.439. The molecule has 3 aliphatic heterocycles. The summed E-state index contributed by atoms with van der Waals surface area (Å²) in [7, 11) is 1.71.